The molecule has 0 saturated carbocycles. The van der Waals surface area contributed by atoms with Crippen LogP contribution in [0.3, 0.4) is 0 Å². The highest BCUT2D eigenvalue weighted by molar-refractivity contribution is 6.35. The summed E-state index contributed by atoms with van der Waals surface area (Å²) in [4.78, 5) is 12.0. The summed E-state index contributed by atoms with van der Waals surface area (Å²) in [6, 6.07) is 14.4. The lowest BCUT2D eigenvalue weighted by molar-refractivity contribution is -0.123. The fourth-order valence-electron chi connectivity index (χ4n) is 2.85. The van der Waals surface area contributed by atoms with E-state index >= 15 is 0 Å². The molecule has 1 aromatic heterocycles. The molecule has 0 atom stereocenters. The van der Waals surface area contributed by atoms with Crippen molar-refractivity contribution in [2.45, 2.75) is 13.8 Å². The summed E-state index contributed by atoms with van der Waals surface area (Å²) >= 11 is 17.8. The second kappa shape index (κ2) is 9.35. The maximum Gasteiger partial charge on any atom is 0.277 e. The molecule has 8 heteroatoms. The van der Waals surface area contributed by atoms with E-state index in [4.69, 9.17) is 39.5 Å². The van der Waals surface area contributed by atoms with E-state index in [0.29, 0.717) is 20.8 Å². The van der Waals surface area contributed by atoms with Gasteiger partial charge in [-0.05, 0) is 62.4 Å². The van der Waals surface area contributed by atoms with Crippen LogP contribution in [0.2, 0.25) is 15.1 Å². The molecule has 1 N–H and O–H groups in total. The Balaban J connectivity index is 1.62. The van der Waals surface area contributed by atoms with E-state index in [1.165, 1.54) is 0 Å². The number of carbonyl (C=O) groups excluding carboxylic acids is 1. The summed E-state index contributed by atoms with van der Waals surface area (Å²) in [7, 11) is 0. The minimum Gasteiger partial charge on any atom is -0.482 e. The van der Waals surface area contributed by atoms with Crippen LogP contribution in [0.25, 0.3) is 5.69 Å². The van der Waals surface area contributed by atoms with Crippen molar-refractivity contribution in [2.24, 2.45) is 5.10 Å². The predicted octanol–water partition coefficient (Wildman–Crippen LogP) is 5.58. The molecule has 0 unspecified atom stereocenters. The quantitative estimate of drug-likeness (QED) is 0.393. The molecule has 1 amide bonds. The van der Waals surface area contributed by atoms with Crippen molar-refractivity contribution < 1.29 is 9.53 Å². The SMILES string of the molecule is Cc1cc(/C=N/NC(=O)COc2ccc(Cl)cc2Cl)c(C)n1-c1ccc(Cl)cc1. The van der Waals surface area contributed by atoms with E-state index < -0.39 is 5.91 Å². The number of benzene rings is 2. The van der Waals surface area contributed by atoms with Crippen molar-refractivity contribution in [1.82, 2.24) is 9.99 Å². The van der Waals surface area contributed by atoms with Crippen LogP contribution < -0.4 is 10.2 Å². The lowest BCUT2D eigenvalue weighted by atomic mass is 10.2. The van der Waals surface area contributed by atoms with E-state index in [2.05, 4.69) is 15.1 Å². The summed E-state index contributed by atoms with van der Waals surface area (Å²) in [5.41, 5.74) is 6.37. The van der Waals surface area contributed by atoms with Crippen LogP contribution in [0.4, 0.5) is 0 Å². The van der Waals surface area contributed by atoms with Crippen LogP contribution in [-0.4, -0.2) is 23.3 Å². The molecule has 0 bridgehead atoms. The molecule has 0 fully saturated rings. The van der Waals surface area contributed by atoms with Crippen molar-refractivity contribution in [1.29, 1.82) is 0 Å². The van der Waals surface area contributed by atoms with E-state index in [-0.39, 0.29) is 6.61 Å². The number of ether oxygens (including phenoxy) is 1. The van der Waals surface area contributed by atoms with Crippen LogP contribution in [0.15, 0.2) is 53.6 Å². The zero-order valence-corrected chi connectivity index (χ0v) is 18.0. The Bertz CT molecular complexity index is 1060. The molecule has 0 saturated heterocycles. The molecule has 0 spiro atoms. The number of nitrogens with zero attached hydrogens (tertiary/aromatic N) is 2. The number of hydrogen-bond acceptors (Lipinski definition) is 3. The van der Waals surface area contributed by atoms with Gasteiger partial charge >= 0.3 is 0 Å². The zero-order chi connectivity index (χ0) is 21.0. The monoisotopic (exact) mass is 449 g/mol. The first kappa shape index (κ1) is 21.2. The minimum absolute atomic E-state index is 0.220. The van der Waals surface area contributed by atoms with Crippen LogP contribution in [0, 0.1) is 13.8 Å². The van der Waals surface area contributed by atoms with Gasteiger partial charge < -0.3 is 9.30 Å². The fourth-order valence-corrected chi connectivity index (χ4v) is 3.44. The molecule has 0 aliphatic carbocycles. The lowest BCUT2D eigenvalue weighted by Crippen LogP contribution is -2.24. The van der Waals surface area contributed by atoms with E-state index in [1.54, 1.807) is 24.4 Å². The predicted molar refractivity (Wildman–Crippen MR) is 118 cm³/mol. The molecular weight excluding hydrogens is 433 g/mol. The van der Waals surface area contributed by atoms with E-state index in [0.717, 1.165) is 22.6 Å². The topological polar surface area (TPSA) is 55.6 Å². The number of hydrogen-bond donors (Lipinski definition) is 1. The number of hydrazone groups is 1. The van der Waals surface area contributed by atoms with Crippen LogP contribution in [0.5, 0.6) is 5.75 Å². The van der Waals surface area contributed by atoms with Gasteiger partial charge in [-0.25, -0.2) is 5.43 Å². The summed E-state index contributed by atoms with van der Waals surface area (Å²) in [6.45, 7) is 3.76. The summed E-state index contributed by atoms with van der Waals surface area (Å²) in [6.07, 6.45) is 1.60. The van der Waals surface area contributed by atoms with Gasteiger partial charge in [0.15, 0.2) is 6.61 Å². The molecule has 3 rings (SSSR count). The van der Waals surface area contributed by atoms with Crippen LogP contribution in [0.1, 0.15) is 17.0 Å². The molecular formula is C21H18Cl3N3O2. The third-order valence-electron chi connectivity index (χ3n) is 4.20. The van der Waals surface area contributed by atoms with Crippen molar-refractivity contribution in [2.75, 3.05) is 6.61 Å². The molecule has 0 radical (unpaired) electrons. The highest BCUT2D eigenvalue weighted by Crippen LogP contribution is 2.27. The van der Waals surface area contributed by atoms with Gasteiger partial charge in [0.1, 0.15) is 5.75 Å². The van der Waals surface area contributed by atoms with Gasteiger partial charge in [-0.3, -0.25) is 4.79 Å². The smallest absolute Gasteiger partial charge is 0.277 e. The minimum atomic E-state index is -0.404. The third kappa shape index (κ3) is 5.32. The standard InChI is InChI=1S/C21H18Cl3N3O2/c1-13-9-15(14(2)27(13)18-6-3-16(22)4-7-18)11-25-26-21(28)12-29-20-8-5-17(23)10-19(20)24/h3-11H,12H2,1-2H3,(H,26,28)/b25-11+. The second-order valence-electron chi connectivity index (χ2n) is 6.29. The maximum absolute atomic E-state index is 12.0. The van der Waals surface area contributed by atoms with Crippen molar-refractivity contribution in [3.05, 3.63) is 80.6 Å². The number of rotatable bonds is 6. The second-order valence-corrected chi connectivity index (χ2v) is 7.57. The number of amides is 1. The van der Waals surface area contributed by atoms with E-state index in [9.17, 15) is 4.79 Å². The summed E-state index contributed by atoms with van der Waals surface area (Å²) in [5, 5.41) is 5.53. The number of nitrogens with one attached hydrogen (secondary N) is 1. The van der Waals surface area contributed by atoms with E-state index in [1.807, 2.05) is 44.2 Å². The number of aromatic nitrogens is 1. The largest absolute Gasteiger partial charge is 0.482 e. The molecule has 0 aliphatic rings. The Hall–Kier alpha value is -2.47. The Morgan fingerprint density at radius 2 is 1.76 bits per heavy atom. The summed E-state index contributed by atoms with van der Waals surface area (Å²) < 4.78 is 7.47. The molecule has 1 heterocycles. The normalized spacial score (nSPS) is 11.1. The molecule has 5 nitrogen and oxygen atoms in total. The first-order chi connectivity index (χ1) is 13.8. The molecule has 3 aromatic rings. The number of carbonyl (C=O) groups is 1. The number of aryl methyl sites for hydroxylation is 1. The first-order valence-electron chi connectivity index (χ1n) is 8.70. The van der Waals surface area contributed by atoms with Crippen LogP contribution in [-0.2, 0) is 4.79 Å². The Morgan fingerprint density at radius 3 is 2.45 bits per heavy atom. The molecule has 2 aromatic carbocycles. The maximum atomic E-state index is 12.0. The number of halogens is 3. The van der Waals surface area contributed by atoms with Gasteiger partial charge in [0.25, 0.3) is 5.91 Å². The Morgan fingerprint density at radius 1 is 1.07 bits per heavy atom. The third-order valence-corrected chi connectivity index (χ3v) is 4.98. The highest BCUT2D eigenvalue weighted by atomic mass is 35.5. The average Bonchev–Trinajstić information content (AvgIpc) is 2.95. The highest BCUT2D eigenvalue weighted by Gasteiger charge is 2.10. The molecule has 150 valence electrons. The Labute approximate surface area is 183 Å². The van der Waals surface area contributed by atoms with Gasteiger partial charge in [-0.15, -0.1) is 0 Å². The molecule has 29 heavy (non-hydrogen) atoms. The fraction of sp³-hybridized carbons (Fsp3) is 0.143. The first-order valence-corrected chi connectivity index (χ1v) is 9.83. The Kier molecular flexibility index (Phi) is 6.85. The summed E-state index contributed by atoms with van der Waals surface area (Å²) in [5.74, 6) is -0.0273. The zero-order valence-electron chi connectivity index (χ0n) is 15.7. The lowest BCUT2D eigenvalue weighted by Gasteiger charge is -2.09. The van der Waals surface area contributed by atoms with Gasteiger partial charge in [0, 0.05) is 32.7 Å². The van der Waals surface area contributed by atoms with Crippen molar-refractivity contribution >= 4 is 46.9 Å². The molecule has 0 aliphatic heterocycles. The van der Waals surface area contributed by atoms with Gasteiger partial charge in [-0.1, -0.05) is 34.8 Å². The van der Waals surface area contributed by atoms with Crippen molar-refractivity contribution in [3.63, 3.8) is 0 Å². The van der Waals surface area contributed by atoms with Crippen LogP contribution >= 0.6 is 34.8 Å². The average molecular weight is 451 g/mol. The van der Waals surface area contributed by atoms with Gasteiger partial charge in [0.05, 0.1) is 11.2 Å². The van der Waals surface area contributed by atoms with Gasteiger partial charge in [-0.2, -0.15) is 5.10 Å². The van der Waals surface area contributed by atoms with Gasteiger partial charge in [0.2, 0.25) is 0 Å². The van der Waals surface area contributed by atoms with Crippen molar-refractivity contribution in [3.8, 4) is 11.4 Å².